The molecule has 0 radical (unpaired) electrons. The molecule has 2 aromatic rings. The number of carbonyl (C=O) groups is 2. The van der Waals surface area contributed by atoms with E-state index in [0.717, 1.165) is 26.1 Å². The highest BCUT2D eigenvalue weighted by molar-refractivity contribution is 6.46. The molecule has 228 valence electrons. The third-order valence-corrected chi connectivity index (χ3v) is 7.66. The van der Waals surface area contributed by atoms with Crippen molar-refractivity contribution >= 4 is 17.4 Å². The van der Waals surface area contributed by atoms with E-state index in [1.807, 2.05) is 25.1 Å². The van der Waals surface area contributed by atoms with Crippen LogP contribution in [0.1, 0.15) is 64.6 Å². The van der Waals surface area contributed by atoms with Gasteiger partial charge in [0.2, 0.25) is 0 Å². The number of rotatable bonds is 14. The highest BCUT2D eigenvalue weighted by Crippen LogP contribution is 2.43. The number of nitrogens with zero attached hydrogens (tertiary/aromatic N) is 2. The molecule has 1 atom stereocenters. The molecule has 2 aliphatic heterocycles. The maximum absolute atomic E-state index is 13.6. The smallest absolute Gasteiger partial charge is 0.295 e. The molecule has 1 fully saturated rings. The van der Waals surface area contributed by atoms with E-state index in [9.17, 15) is 14.7 Å². The molecule has 0 spiro atoms. The van der Waals surface area contributed by atoms with Gasteiger partial charge in [-0.3, -0.25) is 9.59 Å². The molecule has 0 bridgehead atoms. The van der Waals surface area contributed by atoms with Gasteiger partial charge in [0.05, 0.1) is 24.8 Å². The van der Waals surface area contributed by atoms with Crippen LogP contribution in [0.3, 0.4) is 0 Å². The molecule has 2 aliphatic rings. The lowest BCUT2D eigenvalue weighted by molar-refractivity contribution is -0.140. The number of carbonyl (C=O) groups excluding carboxylic acids is 2. The summed E-state index contributed by atoms with van der Waals surface area (Å²) in [7, 11) is 0. The number of amides is 1. The van der Waals surface area contributed by atoms with E-state index < -0.39 is 17.7 Å². The first-order valence-electron chi connectivity index (χ1n) is 15.1. The average molecular weight is 581 g/mol. The molecule has 1 N–H and O–H groups in total. The third-order valence-electron chi connectivity index (χ3n) is 7.66. The van der Waals surface area contributed by atoms with E-state index in [4.69, 9.17) is 18.9 Å². The van der Waals surface area contributed by atoms with Gasteiger partial charge in [-0.05, 0) is 81.2 Å². The third kappa shape index (κ3) is 7.01. The summed E-state index contributed by atoms with van der Waals surface area (Å²) in [5.41, 5.74) is 1.08. The lowest BCUT2D eigenvalue weighted by Gasteiger charge is -2.27. The molecule has 9 heteroatoms. The largest absolute Gasteiger partial charge is 0.507 e. The molecule has 0 aliphatic carbocycles. The van der Waals surface area contributed by atoms with Crippen LogP contribution >= 0.6 is 0 Å². The first-order chi connectivity index (χ1) is 20.3. The molecule has 42 heavy (non-hydrogen) atoms. The summed E-state index contributed by atoms with van der Waals surface area (Å²) >= 11 is 0. The van der Waals surface area contributed by atoms with Crippen molar-refractivity contribution in [3.8, 4) is 23.0 Å². The van der Waals surface area contributed by atoms with Crippen LogP contribution in [-0.4, -0.2) is 79.2 Å². The number of hydrogen-bond donors (Lipinski definition) is 1. The molecule has 0 aromatic heterocycles. The normalized spacial score (nSPS) is 17.8. The maximum atomic E-state index is 13.6. The standard InChI is InChI=1S/C33H44N2O7/c1-6-34(7-2)15-9-16-35-30(23-10-12-25(27(20-23)39-8-3)40-17-14-22(4)5)29(32(37)33(35)38)31(36)24-11-13-26-28(21-24)42-19-18-41-26/h10-13,20-22,30,36H,6-9,14-19H2,1-5H3/b31-29+/t30-/m1/s1. The Morgan fingerprint density at radius 3 is 2.43 bits per heavy atom. The van der Waals surface area contributed by atoms with Crippen molar-refractivity contribution in [2.45, 2.75) is 53.5 Å². The average Bonchev–Trinajstić information content (AvgIpc) is 3.24. The second-order valence-corrected chi connectivity index (χ2v) is 10.9. The summed E-state index contributed by atoms with van der Waals surface area (Å²) in [6.45, 7) is 15.1. The Labute approximate surface area is 249 Å². The highest BCUT2D eigenvalue weighted by atomic mass is 16.6. The van der Waals surface area contributed by atoms with Crippen molar-refractivity contribution < 1.29 is 33.6 Å². The fraction of sp³-hybridized carbons (Fsp3) is 0.515. The van der Waals surface area contributed by atoms with E-state index in [1.165, 1.54) is 0 Å². The lowest BCUT2D eigenvalue weighted by Crippen LogP contribution is -2.33. The maximum Gasteiger partial charge on any atom is 0.295 e. The molecule has 0 unspecified atom stereocenters. The first-order valence-corrected chi connectivity index (χ1v) is 15.1. The number of ether oxygens (including phenoxy) is 4. The Balaban J connectivity index is 1.75. The zero-order chi connectivity index (χ0) is 30.2. The van der Waals surface area contributed by atoms with Crippen molar-refractivity contribution in [2.24, 2.45) is 5.92 Å². The number of aliphatic hydroxyl groups is 1. The van der Waals surface area contributed by atoms with Crippen LogP contribution in [-0.2, 0) is 9.59 Å². The van der Waals surface area contributed by atoms with E-state index >= 15 is 0 Å². The first kappa shape index (κ1) is 31.2. The molecule has 1 saturated heterocycles. The number of fused-ring (bicyclic) bond motifs is 1. The van der Waals surface area contributed by atoms with Crippen molar-refractivity contribution in [1.82, 2.24) is 9.80 Å². The van der Waals surface area contributed by atoms with Crippen molar-refractivity contribution in [1.29, 1.82) is 0 Å². The molecular formula is C33H44N2O7. The zero-order valence-electron chi connectivity index (χ0n) is 25.5. The number of benzene rings is 2. The van der Waals surface area contributed by atoms with Crippen LogP contribution in [0.15, 0.2) is 42.0 Å². The molecule has 2 aromatic carbocycles. The Hall–Kier alpha value is -3.72. The Bertz CT molecular complexity index is 1290. The quantitative estimate of drug-likeness (QED) is 0.179. The molecule has 4 rings (SSSR count). The number of hydrogen-bond acceptors (Lipinski definition) is 8. The highest BCUT2D eigenvalue weighted by Gasteiger charge is 2.46. The summed E-state index contributed by atoms with van der Waals surface area (Å²) in [5, 5.41) is 11.6. The van der Waals surface area contributed by atoms with Gasteiger partial charge in [-0.2, -0.15) is 0 Å². The van der Waals surface area contributed by atoms with Crippen LogP contribution in [0.5, 0.6) is 23.0 Å². The zero-order valence-corrected chi connectivity index (χ0v) is 25.5. The lowest BCUT2D eigenvalue weighted by atomic mass is 9.94. The van der Waals surface area contributed by atoms with E-state index in [0.29, 0.717) is 79.4 Å². The fourth-order valence-electron chi connectivity index (χ4n) is 5.29. The number of Topliss-reactive ketones (excluding diaryl/α,β-unsaturated/α-hetero) is 1. The van der Waals surface area contributed by atoms with Crippen LogP contribution < -0.4 is 18.9 Å². The minimum Gasteiger partial charge on any atom is -0.507 e. The second kappa shape index (κ2) is 14.4. The molecule has 0 saturated carbocycles. The van der Waals surface area contributed by atoms with Crippen LogP contribution in [0.2, 0.25) is 0 Å². The minimum atomic E-state index is -0.793. The van der Waals surface area contributed by atoms with Crippen LogP contribution in [0, 0.1) is 5.92 Å². The minimum absolute atomic E-state index is 0.0374. The Kier molecular flexibility index (Phi) is 10.7. The van der Waals surface area contributed by atoms with Gasteiger partial charge in [0.1, 0.15) is 19.0 Å². The van der Waals surface area contributed by atoms with E-state index in [1.54, 1.807) is 23.1 Å². The van der Waals surface area contributed by atoms with Gasteiger partial charge in [0, 0.05) is 12.1 Å². The van der Waals surface area contributed by atoms with E-state index in [2.05, 4.69) is 32.6 Å². The number of likely N-dealkylation sites (tertiary alicyclic amines) is 1. The van der Waals surface area contributed by atoms with Gasteiger partial charge in [0.25, 0.3) is 11.7 Å². The predicted octanol–water partition coefficient (Wildman–Crippen LogP) is 5.44. The van der Waals surface area contributed by atoms with E-state index in [-0.39, 0.29) is 11.3 Å². The van der Waals surface area contributed by atoms with Gasteiger partial charge < -0.3 is 33.9 Å². The molecule has 2 heterocycles. The Morgan fingerprint density at radius 1 is 1.00 bits per heavy atom. The monoisotopic (exact) mass is 580 g/mol. The molecule has 9 nitrogen and oxygen atoms in total. The summed E-state index contributed by atoms with van der Waals surface area (Å²) in [4.78, 5) is 30.9. The molecular weight excluding hydrogens is 536 g/mol. The summed E-state index contributed by atoms with van der Waals surface area (Å²) < 4.78 is 23.3. The van der Waals surface area contributed by atoms with Gasteiger partial charge in [-0.1, -0.05) is 33.8 Å². The van der Waals surface area contributed by atoms with Gasteiger partial charge in [0.15, 0.2) is 23.0 Å². The van der Waals surface area contributed by atoms with Gasteiger partial charge in [-0.25, -0.2) is 0 Å². The van der Waals surface area contributed by atoms with Gasteiger partial charge in [-0.15, -0.1) is 0 Å². The Morgan fingerprint density at radius 2 is 1.74 bits per heavy atom. The molecule has 1 amide bonds. The SMILES string of the molecule is CCOc1cc([C@@H]2/C(=C(\O)c3ccc4c(c3)OCCO4)C(=O)C(=O)N2CCCN(CC)CC)ccc1OCCC(C)C. The van der Waals surface area contributed by atoms with Crippen molar-refractivity contribution in [3.05, 3.63) is 53.1 Å². The fourth-order valence-corrected chi connectivity index (χ4v) is 5.29. The van der Waals surface area contributed by atoms with Crippen LogP contribution in [0.4, 0.5) is 0 Å². The van der Waals surface area contributed by atoms with Crippen molar-refractivity contribution in [2.75, 3.05) is 52.6 Å². The summed E-state index contributed by atoms with van der Waals surface area (Å²) in [6, 6.07) is 9.71. The van der Waals surface area contributed by atoms with Crippen LogP contribution in [0.25, 0.3) is 5.76 Å². The van der Waals surface area contributed by atoms with Crippen molar-refractivity contribution in [3.63, 3.8) is 0 Å². The predicted molar refractivity (Wildman–Crippen MR) is 161 cm³/mol. The topological polar surface area (TPSA) is 97.8 Å². The van der Waals surface area contributed by atoms with Gasteiger partial charge >= 0.3 is 0 Å². The summed E-state index contributed by atoms with van der Waals surface area (Å²) in [6.07, 6.45) is 1.58. The second-order valence-electron chi connectivity index (χ2n) is 10.9. The number of aliphatic hydroxyl groups excluding tert-OH is 1. The summed E-state index contributed by atoms with van der Waals surface area (Å²) in [5.74, 6) is 1.09. The number of ketones is 1.